The summed E-state index contributed by atoms with van der Waals surface area (Å²) in [4.78, 5) is 14.7. The van der Waals surface area contributed by atoms with Crippen LogP contribution in [0, 0.1) is 5.92 Å². The summed E-state index contributed by atoms with van der Waals surface area (Å²) in [5.74, 6) is 0.895. The van der Waals surface area contributed by atoms with Gasteiger partial charge in [0.25, 0.3) is 0 Å². The number of hydrogen-bond acceptors (Lipinski definition) is 3. The first-order chi connectivity index (χ1) is 10.7. The van der Waals surface area contributed by atoms with Gasteiger partial charge in [0.1, 0.15) is 0 Å². The molecule has 126 valence electrons. The summed E-state index contributed by atoms with van der Waals surface area (Å²) in [7, 11) is 0. The van der Waals surface area contributed by atoms with E-state index in [4.69, 9.17) is 4.74 Å². The molecule has 2 aliphatic heterocycles. The van der Waals surface area contributed by atoms with Crippen LogP contribution in [0.5, 0.6) is 0 Å². The molecule has 0 unspecified atom stereocenters. The van der Waals surface area contributed by atoms with Crippen LogP contribution in [-0.2, 0) is 4.74 Å². The fraction of sp³-hybridized carbons (Fsp3) is 0.941. The Kier molecular flexibility index (Phi) is 5.58. The molecule has 22 heavy (non-hydrogen) atoms. The highest BCUT2D eigenvalue weighted by molar-refractivity contribution is 5.74. The highest BCUT2D eigenvalue weighted by atomic mass is 16.5. The summed E-state index contributed by atoms with van der Waals surface area (Å²) in [5, 5.41) is 6.18. The van der Waals surface area contributed by atoms with Gasteiger partial charge in [-0.15, -0.1) is 0 Å². The lowest BCUT2D eigenvalue weighted by Crippen LogP contribution is -2.49. The highest BCUT2D eigenvalue weighted by Gasteiger charge is 2.28. The van der Waals surface area contributed by atoms with Gasteiger partial charge in [-0.1, -0.05) is 12.8 Å². The molecule has 2 heterocycles. The van der Waals surface area contributed by atoms with E-state index in [1.54, 1.807) is 0 Å². The quantitative estimate of drug-likeness (QED) is 0.818. The van der Waals surface area contributed by atoms with E-state index in [1.165, 1.54) is 32.2 Å². The summed E-state index contributed by atoms with van der Waals surface area (Å²) in [6.07, 6.45) is 9.04. The van der Waals surface area contributed by atoms with Crippen LogP contribution in [0.1, 0.15) is 51.9 Å². The van der Waals surface area contributed by atoms with E-state index in [2.05, 4.69) is 15.5 Å². The molecule has 5 heteroatoms. The van der Waals surface area contributed by atoms with E-state index < -0.39 is 0 Å². The lowest BCUT2D eigenvalue weighted by Gasteiger charge is -2.23. The van der Waals surface area contributed by atoms with Gasteiger partial charge in [-0.05, 0) is 44.9 Å². The fourth-order valence-electron chi connectivity index (χ4n) is 4.20. The summed E-state index contributed by atoms with van der Waals surface area (Å²) in [5.41, 5.74) is 0. The molecule has 0 bridgehead atoms. The number of urea groups is 1. The number of ether oxygens (including phenoxy) is 1. The standard InChI is InChI=1S/C17H31N3O2/c1-13(16-7-4-10-22-16)18-17(21)19-15-8-9-20(12-15)11-14-5-2-3-6-14/h13-16H,2-12H2,1H3,(H2,18,19,21)/t13-,15-,16-/m0/s1. The Bertz CT molecular complexity index is 365. The third-order valence-corrected chi connectivity index (χ3v) is 5.48. The van der Waals surface area contributed by atoms with Crippen molar-refractivity contribution in [3.63, 3.8) is 0 Å². The van der Waals surface area contributed by atoms with E-state index in [0.717, 1.165) is 44.9 Å². The van der Waals surface area contributed by atoms with Crippen molar-refractivity contribution >= 4 is 6.03 Å². The fourth-order valence-corrected chi connectivity index (χ4v) is 4.20. The maximum absolute atomic E-state index is 12.1. The number of nitrogens with one attached hydrogen (secondary N) is 2. The molecule has 2 saturated heterocycles. The van der Waals surface area contributed by atoms with Gasteiger partial charge in [0.15, 0.2) is 0 Å². The van der Waals surface area contributed by atoms with Crippen molar-refractivity contribution in [1.29, 1.82) is 0 Å². The Hall–Kier alpha value is -0.810. The molecule has 2 amide bonds. The molecule has 3 rings (SSSR count). The minimum absolute atomic E-state index is 0.0317. The van der Waals surface area contributed by atoms with Crippen LogP contribution >= 0.6 is 0 Å². The topological polar surface area (TPSA) is 53.6 Å². The van der Waals surface area contributed by atoms with E-state index in [1.807, 2.05) is 6.92 Å². The van der Waals surface area contributed by atoms with Crippen LogP contribution in [0.15, 0.2) is 0 Å². The Labute approximate surface area is 134 Å². The van der Waals surface area contributed by atoms with Gasteiger partial charge in [-0.2, -0.15) is 0 Å². The molecule has 1 saturated carbocycles. The Balaban J connectivity index is 1.35. The average Bonchev–Trinajstić information content (AvgIpc) is 3.20. The number of amides is 2. The molecule has 3 fully saturated rings. The number of carbonyl (C=O) groups is 1. The molecule has 3 atom stereocenters. The lowest BCUT2D eigenvalue weighted by atomic mass is 10.1. The van der Waals surface area contributed by atoms with Crippen LogP contribution in [-0.4, -0.2) is 55.4 Å². The van der Waals surface area contributed by atoms with E-state index in [-0.39, 0.29) is 18.2 Å². The average molecular weight is 309 g/mol. The second-order valence-corrected chi connectivity index (χ2v) is 7.35. The minimum atomic E-state index is -0.0317. The van der Waals surface area contributed by atoms with Crippen molar-refractivity contribution < 1.29 is 9.53 Å². The van der Waals surface area contributed by atoms with Crippen molar-refractivity contribution in [3.05, 3.63) is 0 Å². The predicted molar refractivity (Wildman–Crippen MR) is 86.9 cm³/mol. The third kappa shape index (κ3) is 4.35. The normalized spacial score (nSPS) is 31.5. The van der Waals surface area contributed by atoms with E-state index in [0.29, 0.717) is 6.04 Å². The maximum atomic E-state index is 12.1. The molecule has 0 aromatic carbocycles. The molecule has 0 spiro atoms. The first-order valence-electron chi connectivity index (χ1n) is 9.11. The largest absolute Gasteiger partial charge is 0.376 e. The number of likely N-dealkylation sites (tertiary alicyclic amines) is 1. The van der Waals surface area contributed by atoms with Crippen LogP contribution in [0.4, 0.5) is 4.79 Å². The Morgan fingerprint density at radius 3 is 2.77 bits per heavy atom. The number of rotatable bonds is 5. The molecule has 0 radical (unpaired) electrons. The maximum Gasteiger partial charge on any atom is 0.315 e. The van der Waals surface area contributed by atoms with Gasteiger partial charge in [0.2, 0.25) is 0 Å². The molecule has 1 aliphatic carbocycles. The van der Waals surface area contributed by atoms with Gasteiger partial charge in [0.05, 0.1) is 12.1 Å². The Morgan fingerprint density at radius 2 is 2.05 bits per heavy atom. The van der Waals surface area contributed by atoms with Crippen molar-refractivity contribution in [2.45, 2.75) is 70.1 Å². The smallest absolute Gasteiger partial charge is 0.315 e. The molecule has 0 aromatic heterocycles. The lowest BCUT2D eigenvalue weighted by molar-refractivity contribution is 0.0858. The molecule has 2 N–H and O–H groups in total. The summed E-state index contributed by atoms with van der Waals surface area (Å²) in [6.45, 7) is 6.24. The number of nitrogens with zero attached hydrogens (tertiary/aromatic N) is 1. The first-order valence-corrected chi connectivity index (χ1v) is 9.11. The number of hydrogen-bond donors (Lipinski definition) is 2. The summed E-state index contributed by atoms with van der Waals surface area (Å²) in [6, 6.07) is 0.368. The second-order valence-electron chi connectivity index (χ2n) is 7.35. The molecule has 5 nitrogen and oxygen atoms in total. The molecule has 3 aliphatic rings. The third-order valence-electron chi connectivity index (χ3n) is 5.48. The highest BCUT2D eigenvalue weighted by Crippen LogP contribution is 2.26. The van der Waals surface area contributed by atoms with Gasteiger partial charge in [-0.3, -0.25) is 0 Å². The zero-order chi connectivity index (χ0) is 15.4. The second kappa shape index (κ2) is 7.64. The Morgan fingerprint density at radius 1 is 1.23 bits per heavy atom. The van der Waals surface area contributed by atoms with Crippen LogP contribution in [0.2, 0.25) is 0 Å². The van der Waals surface area contributed by atoms with Crippen molar-refractivity contribution in [2.75, 3.05) is 26.2 Å². The van der Waals surface area contributed by atoms with Gasteiger partial charge < -0.3 is 20.3 Å². The summed E-state index contributed by atoms with van der Waals surface area (Å²) >= 11 is 0. The van der Waals surface area contributed by atoms with E-state index in [9.17, 15) is 4.79 Å². The van der Waals surface area contributed by atoms with Crippen molar-refractivity contribution in [3.8, 4) is 0 Å². The van der Waals surface area contributed by atoms with Crippen molar-refractivity contribution in [1.82, 2.24) is 15.5 Å². The SMILES string of the molecule is C[C@H](NC(=O)N[C@H]1CCN(CC2CCCC2)C1)[C@@H]1CCCO1. The van der Waals surface area contributed by atoms with Crippen LogP contribution in [0.25, 0.3) is 0 Å². The monoisotopic (exact) mass is 309 g/mol. The van der Waals surface area contributed by atoms with Crippen LogP contribution < -0.4 is 10.6 Å². The van der Waals surface area contributed by atoms with Crippen molar-refractivity contribution in [2.24, 2.45) is 5.92 Å². The zero-order valence-corrected chi connectivity index (χ0v) is 13.9. The predicted octanol–water partition coefficient (Wildman–Crippen LogP) is 2.12. The van der Waals surface area contributed by atoms with Gasteiger partial charge in [-0.25, -0.2) is 4.79 Å². The zero-order valence-electron chi connectivity index (χ0n) is 13.9. The van der Waals surface area contributed by atoms with Gasteiger partial charge in [0, 0.05) is 32.3 Å². The van der Waals surface area contributed by atoms with Gasteiger partial charge >= 0.3 is 6.03 Å². The summed E-state index contributed by atoms with van der Waals surface area (Å²) < 4.78 is 5.63. The molecular weight excluding hydrogens is 278 g/mol. The molecule has 0 aromatic rings. The van der Waals surface area contributed by atoms with Crippen LogP contribution in [0.3, 0.4) is 0 Å². The van der Waals surface area contributed by atoms with E-state index >= 15 is 0 Å². The first kappa shape index (κ1) is 16.1. The molecular formula is C17H31N3O2. The number of carbonyl (C=O) groups excluding carboxylic acids is 1. The minimum Gasteiger partial charge on any atom is -0.376 e.